The Morgan fingerprint density at radius 2 is 1.89 bits per heavy atom. The fraction of sp³-hybridized carbons (Fsp3) is 0.917. The number of hydrogen-bond acceptors (Lipinski definition) is 4. The van der Waals surface area contributed by atoms with Gasteiger partial charge in [0.05, 0.1) is 13.2 Å². The zero-order valence-electron chi connectivity index (χ0n) is 12.0. The van der Waals surface area contributed by atoms with Crippen LogP contribution >= 0.6 is 0 Å². The van der Waals surface area contributed by atoms with Gasteiger partial charge in [-0.15, -0.1) is 0 Å². The number of hydroxylamine groups is 2. The molecule has 0 unspecified atom stereocenters. The lowest BCUT2D eigenvalue weighted by molar-refractivity contribution is -0.154. The molecule has 0 aromatic carbocycles. The average molecular weight is 270 g/mol. The van der Waals surface area contributed by atoms with Gasteiger partial charge in [0.15, 0.2) is 0 Å². The number of rotatable bonds is 3. The molecule has 1 aliphatic carbocycles. The van der Waals surface area contributed by atoms with E-state index in [0.717, 1.165) is 25.7 Å². The lowest BCUT2D eigenvalue weighted by Gasteiger charge is -2.34. The maximum absolute atomic E-state index is 12.0. The molecule has 19 heavy (non-hydrogen) atoms. The van der Waals surface area contributed by atoms with Crippen LogP contribution in [0.3, 0.4) is 0 Å². The Hall–Kier alpha value is -1.46. The van der Waals surface area contributed by atoms with Crippen molar-refractivity contribution in [1.82, 2.24) is 5.06 Å². The van der Waals surface area contributed by atoms with Gasteiger partial charge in [-0.1, -0.05) is 5.11 Å². The molecule has 7 nitrogen and oxygen atoms in total. The highest BCUT2D eigenvalue weighted by atomic mass is 16.7. The van der Waals surface area contributed by atoms with Crippen LogP contribution in [0.25, 0.3) is 10.4 Å². The number of nitrogens with zero attached hydrogens (tertiary/aromatic N) is 4. The summed E-state index contributed by atoms with van der Waals surface area (Å²) < 4.78 is 5.30. The van der Waals surface area contributed by atoms with Crippen LogP contribution in [0.15, 0.2) is 5.11 Å². The Bertz CT molecular complexity index is 352. The standard InChI is InChI=1S/C12H22N4O3/c1-12(2,3)19-11(17)16(18-4)10-7-5-9(6-8-10)14-15-13/h9-10H,5-8H2,1-4H3. The summed E-state index contributed by atoms with van der Waals surface area (Å²) >= 11 is 0. The fourth-order valence-electron chi connectivity index (χ4n) is 2.16. The predicted molar refractivity (Wildman–Crippen MR) is 70.3 cm³/mol. The lowest BCUT2D eigenvalue weighted by Crippen LogP contribution is -2.44. The molecule has 0 radical (unpaired) electrons. The Labute approximate surface area is 113 Å². The molecule has 1 rings (SSSR count). The van der Waals surface area contributed by atoms with Gasteiger partial charge in [0.2, 0.25) is 0 Å². The predicted octanol–water partition coefficient (Wildman–Crippen LogP) is 3.41. The molecule has 0 bridgehead atoms. The van der Waals surface area contributed by atoms with Crippen molar-refractivity contribution in [2.75, 3.05) is 7.11 Å². The van der Waals surface area contributed by atoms with E-state index in [2.05, 4.69) is 10.0 Å². The number of carbonyl (C=O) groups excluding carboxylic acids is 1. The summed E-state index contributed by atoms with van der Waals surface area (Å²) in [6, 6.07) is 0.00332. The highest BCUT2D eigenvalue weighted by molar-refractivity contribution is 5.67. The Morgan fingerprint density at radius 3 is 2.32 bits per heavy atom. The second-order valence-corrected chi connectivity index (χ2v) is 5.66. The van der Waals surface area contributed by atoms with Crippen molar-refractivity contribution in [1.29, 1.82) is 0 Å². The van der Waals surface area contributed by atoms with Gasteiger partial charge in [-0.25, -0.2) is 4.79 Å². The molecule has 0 N–H and O–H groups in total. The third kappa shape index (κ3) is 4.96. The van der Waals surface area contributed by atoms with E-state index in [1.54, 1.807) is 0 Å². The molecule has 0 saturated heterocycles. The molecule has 7 heteroatoms. The summed E-state index contributed by atoms with van der Waals surface area (Å²) in [6.07, 6.45) is 2.55. The SMILES string of the molecule is CON(C(=O)OC(C)(C)C)C1CCC(N=[N+]=[N-])CC1. The number of amides is 1. The largest absolute Gasteiger partial charge is 0.442 e. The summed E-state index contributed by atoms with van der Waals surface area (Å²) in [4.78, 5) is 20.0. The van der Waals surface area contributed by atoms with Gasteiger partial charge >= 0.3 is 6.09 Å². The summed E-state index contributed by atoms with van der Waals surface area (Å²) in [5.74, 6) is 0. The van der Waals surface area contributed by atoms with Gasteiger partial charge in [0.1, 0.15) is 5.60 Å². The summed E-state index contributed by atoms with van der Waals surface area (Å²) in [5.41, 5.74) is 7.86. The smallest absolute Gasteiger partial charge is 0.434 e. The van der Waals surface area contributed by atoms with E-state index in [4.69, 9.17) is 15.1 Å². The van der Waals surface area contributed by atoms with Gasteiger partial charge in [-0.2, -0.15) is 5.06 Å². The summed E-state index contributed by atoms with van der Waals surface area (Å²) in [7, 11) is 1.46. The highest BCUT2D eigenvalue weighted by Gasteiger charge is 2.31. The quantitative estimate of drug-likeness (QED) is 0.341. The summed E-state index contributed by atoms with van der Waals surface area (Å²) in [6.45, 7) is 5.45. The number of azide groups is 1. The molecule has 0 atom stereocenters. The molecule has 0 aliphatic heterocycles. The molecule has 1 aliphatic rings. The molecule has 0 aromatic rings. The highest BCUT2D eigenvalue weighted by Crippen LogP contribution is 2.26. The van der Waals surface area contributed by atoms with E-state index < -0.39 is 11.7 Å². The van der Waals surface area contributed by atoms with Crippen molar-refractivity contribution in [3.63, 3.8) is 0 Å². The molecule has 1 fully saturated rings. The molecule has 1 amide bonds. The third-order valence-corrected chi connectivity index (χ3v) is 2.98. The minimum atomic E-state index is -0.545. The monoisotopic (exact) mass is 270 g/mol. The normalized spacial score (nSPS) is 23.4. The Balaban J connectivity index is 2.57. The van der Waals surface area contributed by atoms with E-state index in [1.807, 2.05) is 20.8 Å². The molecule has 108 valence electrons. The van der Waals surface area contributed by atoms with Crippen LogP contribution in [0.5, 0.6) is 0 Å². The van der Waals surface area contributed by atoms with Crippen molar-refractivity contribution in [2.45, 2.75) is 64.1 Å². The maximum Gasteiger partial charge on any atom is 0.434 e. The van der Waals surface area contributed by atoms with Crippen molar-refractivity contribution >= 4 is 6.09 Å². The van der Waals surface area contributed by atoms with Gasteiger partial charge in [-0.3, -0.25) is 4.84 Å². The van der Waals surface area contributed by atoms with Crippen molar-refractivity contribution in [3.05, 3.63) is 10.4 Å². The van der Waals surface area contributed by atoms with Crippen LogP contribution < -0.4 is 0 Å². The van der Waals surface area contributed by atoms with E-state index in [-0.39, 0.29) is 12.1 Å². The van der Waals surface area contributed by atoms with Gasteiger partial charge in [0.25, 0.3) is 0 Å². The number of carbonyl (C=O) groups is 1. The van der Waals surface area contributed by atoms with Gasteiger partial charge in [0, 0.05) is 11.0 Å². The summed E-state index contributed by atoms with van der Waals surface area (Å²) in [5, 5.41) is 5.00. The van der Waals surface area contributed by atoms with Crippen LogP contribution in [0.2, 0.25) is 0 Å². The van der Waals surface area contributed by atoms with Crippen molar-refractivity contribution < 1.29 is 14.4 Å². The first kappa shape index (κ1) is 15.6. The first-order valence-electron chi connectivity index (χ1n) is 6.48. The van der Waals surface area contributed by atoms with Crippen molar-refractivity contribution in [2.24, 2.45) is 5.11 Å². The van der Waals surface area contributed by atoms with Crippen LogP contribution in [0.1, 0.15) is 46.5 Å². The molecule has 0 spiro atoms. The zero-order valence-corrected chi connectivity index (χ0v) is 12.0. The van der Waals surface area contributed by atoms with Crippen LogP contribution in [0.4, 0.5) is 4.79 Å². The van der Waals surface area contributed by atoms with E-state index >= 15 is 0 Å². The van der Waals surface area contributed by atoms with Crippen LogP contribution in [0, 0.1) is 0 Å². The second kappa shape index (κ2) is 6.63. The lowest BCUT2D eigenvalue weighted by atomic mass is 9.91. The van der Waals surface area contributed by atoms with Gasteiger partial charge in [-0.05, 0) is 52.0 Å². The first-order valence-corrected chi connectivity index (χ1v) is 6.48. The Kier molecular flexibility index (Phi) is 5.44. The number of hydrogen-bond donors (Lipinski definition) is 0. The molecular weight excluding hydrogens is 248 g/mol. The van der Waals surface area contributed by atoms with Crippen molar-refractivity contribution in [3.8, 4) is 0 Å². The minimum absolute atomic E-state index is 0.0232. The molecule has 0 aromatic heterocycles. The molecule has 1 saturated carbocycles. The first-order chi connectivity index (χ1) is 8.87. The van der Waals surface area contributed by atoms with Crippen LogP contribution in [-0.4, -0.2) is 36.0 Å². The maximum atomic E-state index is 12.0. The Morgan fingerprint density at radius 1 is 1.32 bits per heavy atom. The van der Waals surface area contributed by atoms with Crippen LogP contribution in [-0.2, 0) is 9.57 Å². The van der Waals surface area contributed by atoms with E-state index in [1.165, 1.54) is 12.2 Å². The van der Waals surface area contributed by atoms with E-state index in [0.29, 0.717) is 0 Å². The fourth-order valence-corrected chi connectivity index (χ4v) is 2.16. The number of ether oxygens (including phenoxy) is 1. The average Bonchev–Trinajstić information content (AvgIpc) is 2.30. The minimum Gasteiger partial charge on any atom is -0.442 e. The zero-order chi connectivity index (χ0) is 14.5. The van der Waals surface area contributed by atoms with Gasteiger partial charge < -0.3 is 4.74 Å². The molecular formula is C12H22N4O3. The third-order valence-electron chi connectivity index (χ3n) is 2.98. The second-order valence-electron chi connectivity index (χ2n) is 5.66. The van der Waals surface area contributed by atoms with E-state index in [9.17, 15) is 4.79 Å². The topological polar surface area (TPSA) is 87.5 Å². The molecule has 0 heterocycles.